The quantitative estimate of drug-likeness (QED) is 0.849. The summed E-state index contributed by atoms with van der Waals surface area (Å²) >= 11 is 0. The molecule has 21 heavy (non-hydrogen) atoms. The van der Waals surface area contributed by atoms with E-state index >= 15 is 0 Å². The van der Waals surface area contributed by atoms with Crippen molar-refractivity contribution in [3.63, 3.8) is 0 Å². The van der Waals surface area contributed by atoms with Gasteiger partial charge in [-0.25, -0.2) is 8.42 Å². The number of sulfonamides is 1. The molecule has 0 spiro atoms. The van der Waals surface area contributed by atoms with E-state index in [2.05, 4.69) is 0 Å². The van der Waals surface area contributed by atoms with Crippen molar-refractivity contribution in [1.29, 1.82) is 0 Å². The van der Waals surface area contributed by atoms with Gasteiger partial charge >= 0.3 is 0 Å². The normalized spacial score (nSPS) is 23.8. The number of ether oxygens (including phenoxy) is 1. The van der Waals surface area contributed by atoms with Crippen LogP contribution in [0.15, 0.2) is 17.2 Å². The molecule has 1 aliphatic heterocycles. The van der Waals surface area contributed by atoms with Crippen LogP contribution in [0.3, 0.4) is 0 Å². The van der Waals surface area contributed by atoms with Gasteiger partial charge in [-0.2, -0.15) is 4.31 Å². The first-order valence-corrected chi connectivity index (χ1v) is 8.81. The van der Waals surface area contributed by atoms with Crippen molar-refractivity contribution < 1.29 is 18.3 Å². The van der Waals surface area contributed by atoms with Crippen molar-refractivity contribution in [2.24, 2.45) is 5.92 Å². The number of hydrogen-bond donors (Lipinski definition) is 1. The summed E-state index contributed by atoms with van der Waals surface area (Å²) in [6.07, 6.45) is 4.63. The van der Waals surface area contributed by atoms with Crippen molar-refractivity contribution in [1.82, 2.24) is 8.87 Å². The minimum absolute atomic E-state index is 0.127. The number of nitrogens with zero attached hydrogens (tertiary/aromatic N) is 2. The van der Waals surface area contributed by atoms with Crippen LogP contribution in [0.25, 0.3) is 0 Å². The topological polar surface area (TPSA) is 71.8 Å². The Labute approximate surface area is 125 Å². The molecule has 2 heterocycles. The lowest BCUT2D eigenvalue weighted by atomic mass is 10.1. The molecule has 1 unspecified atom stereocenters. The lowest BCUT2D eigenvalue weighted by Crippen LogP contribution is -2.29. The third kappa shape index (κ3) is 2.88. The fourth-order valence-electron chi connectivity index (χ4n) is 2.99. The number of aromatic nitrogens is 1. The van der Waals surface area contributed by atoms with Crippen LogP contribution in [-0.4, -0.2) is 49.2 Å². The first-order chi connectivity index (χ1) is 10.1. The smallest absolute Gasteiger partial charge is 0.244 e. The minimum Gasteiger partial charge on any atom is -0.390 e. The van der Waals surface area contributed by atoms with E-state index < -0.39 is 10.0 Å². The molecule has 3 rings (SSSR count). The molecule has 0 bridgehead atoms. The molecule has 0 amide bonds. The van der Waals surface area contributed by atoms with Gasteiger partial charge < -0.3 is 14.4 Å². The molecule has 0 radical (unpaired) electrons. The maximum atomic E-state index is 12.7. The van der Waals surface area contributed by atoms with Gasteiger partial charge in [-0.15, -0.1) is 0 Å². The summed E-state index contributed by atoms with van der Waals surface area (Å²) in [6.45, 7) is 1.52. The average molecular weight is 314 g/mol. The van der Waals surface area contributed by atoms with E-state index in [-0.39, 0.29) is 12.5 Å². The standard InChI is InChI=1S/C14H22N2O4S/c1-20-10-11-4-5-15(7-11)21(18,19)14-6-13(9-17)16(8-14)12-2-3-12/h6,8,11-12,17H,2-5,7,9-10H2,1H3. The first-order valence-electron chi connectivity index (χ1n) is 7.37. The second-order valence-corrected chi connectivity index (χ2v) is 7.87. The van der Waals surface area contributed by atoms with E-state index in [9.17, 15) is 13.5 Å². The molecule has 6 nitrogen and oxygen atoms in total. The summed E-state index contributed by atoms with van der Waals surface area (Å²) < 4.78 is 34.0. The van der Waals surface area contributed by atoms with Gasteiger partial charge in [-0.05, 0) is 31.2 Å². The van der Waals surface area contributed by atoms with E-state index in [0.717, 1.165) is 19.3 Å². The molecule has 7 heteroatoms. The van der Waals surface area contributed by atoms with E-state index in [0.29, 0.717) is 36.3 Å². The molecule has 2 fully saturated rings. The molecule has 1 aromatic heterocycles. The lowest BCUT2D eigenvalue weighted by Gasteiger charge is -2.15. The van der Waals surface area contributed by atoms with Gasteiger partial charge in [-0.1, -0.05) is 0 Å². The SMILES string of the molecule is COCC1CCN(S(=O)(=O)c2cc(CO)n(C3CC3)c2)C1. The Bertz CT molecular complexity index is 606. The van der Waals surface area contributed by atoms with E-state index in [4.69, 9.17) is 4.74 Å². The van der Waals surface area contributed by atoms with Crippen molar-refractivity contribution in [2.75, 3.05) is 26.8 Å². The molecule has 1 atom stereocenters. The first kappa shape index (κ1) is 15.0. The zero-order valence-corrected chi connectivity index (χ0v) is 13.1. The van der Waals surface area contributed by atoms with E-state index in [1.54, 1.807) is 19.4 Å². The zero-order valence-electron chi connectivity index (χ0n) is 12.2. The van der Waals surface area contributed by atoms with Gasteiger partial charge in [0.05, 0.1) is 13.2 Å². The fraction of sp³-hybridized carbons (Fsp3) is 0.714. The summed E-state index contributed by atoms with van der Waals surface area (Å²) in [7, 11) is -1.82. The van der Waals surface area contributed by atoms with E-state index in [1.807, 2.05) is 4.57 Å². The fourth-order valence-corrected chi connectivity index (χ4v) is 4.58. The summed E-state index contributed by atoms with van der Waals surface area (Å²) in [5, 5.41) is 9.41. The number of hydrogen-bond acceptors (Lipinski definition) is 4. The van der Waals surface area contributed by atoms with Gasteiger partial charge in [0.2, 0.25) is 10.0 Å². The van der Waals surface area contributed by atoms with Crippen molar-refractivity contribution >= 4 is 10.0 Å². The zero-order chi connectivity index (χ0) is 15.0. The summed E-state index contributed by atoms with van der Waals surface area (Å²) in [5.74, 6) is 0.271. The van der Waals surface area contributed by atoms with Crippen LogP contribution in [-0.2, 0) is 21.4 Å². The molecule has 1 saturated carbocycles. The van der Waals surface area contributed by atoms with Crippen LogP contribution in [0.2, 0.25) is 0 Å². The van der Waals surface area contributed by atoms with Crippen LogP contribution < -0.4 is 0 Å². The lowest BCUT2D eigenvalue weighted by molar-refractivity contribution is 0.157. The Hall–Kier alpha value is -0.890. The molecule has 118 valence electrons. The predicted molar refractivity (Wildman–Crippen MR) is 77.4 cm³/mol. The van der Waals surface area contributed by atoms with Gasteiger partial charge in [0.1, 0.15) is 4.90 Å². The molecular formula is C14H22N2O4S. The Balaban J connectivity index is 1.82. The Morgan fingerprint density at radius 3 is 2.76 bits per heavy atom. The van der Waals surface area contributed by atoms with Gasteiger partial charge in [0, 0.05) is 38.1 Å². The number of rotatable bonds is 6. The summed E-state index contributed by atoms with van der Waals surface area (Å²) in [6, 6.07) is 1.97. The monoisotopic (exact) mass is 314 g/mol. The van der Waals surface area contributed by atoms with Gasteiger partial charge in [-0.3, -0.25) is 0 Å². The highest BCUT2D eigenvalue weighted by molar-refractivity contribution is 7.89. The van der Waals surface area contributed by atoms with Crippen LogP contribution in [0, 0.1) is 5.92 Å². The van der Waals surface area contributed by atoms with Crippen molar-refractivity contribution in [3.05, 3.63) is 18.0 Å². The highest BCUT2D eigenvalue weighted by Gasteiger charge is 2.35. The second-order valence-electron chi connectivity index (χ2n) is 5.94. The molecule has 1 saturated heterocycles. The highest BCUT2D eigenvalue weighted by atomic mass is 32.2. The molecular weight excluding hydrogens is 292 g/mol. The van der Waals surface area contributed by atoms with Crippen molar-refractivity contribution in [3.8, 4) is 0 Å². The van der Waals surface area contributed by atoms with Gasteiger partial charge in [0.15, 0.2) is 0 Å². The Morgan fingerprint density at radius 1 is 1.38 bits per heavy atom. The molecule has 1 aliphatic carbocycles. The maximum Gasteiger partial charge on any atom is 0.244 e. The van der Waals surface area contributed by atoms with Crippen LogP contribution >= 0.6 is 0 Å². The third-order valence-electron chi connectivity index (χ3n) is 4.30. The second kappa shape index (κ2) is 5.72. The summed E-state index contributed by atoms with van der Waals surface area (Å²) in [5.41, 5.74) is 0.684. The van der Waals surface area contributed by atoms with Crippen LogP contribution in [0.4, 0.5) is 0 Å². The minimum atomic E-state index is -3.46. The molecule has 1 N–H and O–H groups in total. The van der Waals surface area contributed by atoms with Crippen LogP contribution in [0.1, 0.15) is 31.0 Å². The van der Waals surface area contributed by atoms with Crippen molar-refractivity contribution in [2.45, 2.75) is 36.8 Å². The molecule has 1 aromatic rings. The molecule has 2 aliphatic rings. The maximum absolute atomic E-state index is 12.7. The average Bonchev–Trinajstić information content (AvgIpc) is 3.02. The Morgan fingerprint density at radius 2 is 2.14 bits per heavy atom. The largest absolute Gasteiger partial charge is 0.390 e. The number of aliphatic hydroxyl groups excluding tert-OH is 1. The third-order valence-corrected chi connectivity index (χ3v) is 6.13. The summed E-state index contributed by atoms with van der Waals surface area (Å²) in [4.78, 5) is 0.302. The number of methoxy groups -OCH3 is 1. The van der Waals surface area contributed by atoms with Crippen LogP contribution in [0.5, 0.6) is 0 Å². The van der Waals surface area contributed by atoms with E-state index in [1.165, 1.54) is 4.31 Å². The molecule has 0 aromatic carbocycles. The highest BCUT2D eigenvalue weighted by Crippen LogP contribution is 2.38. The Kier molecular flexibility index (Phi) is 4.09. The predicted octanol–water partition coefficient (Wildman–Crippen LogP) is 0.972. The van der Waals surface area contributed by atoms with Gasteiger partial charge in [0.25, 0.3) is 0 Å². The number of aliphatic hydroxyl groups is 1.